The van der Waals surface area contributed by atoms with Crippen molar-refractivity contribution >= 4 is 0 Å². The zero-order valence-corrected chi connectivity index (χ0v) is 14.2. The van der Waals surface area contributed by atoms with Crippen molar-refractivity contribution in [3.8, 4) is 0 Å². The van der Waals surface area contributed by atoms with Gasteiger partial charge in [0.1, 0.15) is 11.6 Å². The second-order valence-electron chi connectivity index (χ2n) is 6.44. The largest absolute Gasteiger partial charge is 0.380 e. The number of likely N-dealkylation sites (tertiary alicyclic amines) is 1. The van der Waals surface area contributed by atoms with Crippen molar-refractivity contribution in [1.29, 1.82) is 0 Å². The monoisotopic (exact) mass is 317 g/mol. The van der Waals surface area contributed by atoms with E-state index in [1.54, 1.807) is 13.2 Å². The van der Waals surface area contributed by atoms with Crippen LogP contribution in [0.3, 0.4) is 0 Å². The molecule has 0 spiro atoms. The van der Waals surface area contributed by atoms with Gasteiger partial charge in [0.15, 0.2) is 0 Å². The van der Waals surface area contributed by atoms with Gasteiger partial charge in [0.05, 0.1) is 17.8 Å². The first-order valence-electron chi connectivity index (χ1n) is 8.03. The standard InChI is InChI=1S/C18H24FN3O/c1-11-5-6-15(19)7-14(11)9-22-10-16(23-4)8-17(22)18-20-12(2)13(3)21-18/h5-7,16-17H,8-10H2,1-4H3,(H,20,21)/t16-,17+/m1/s1. The molecule has 2 atom stereocenters. The second kappa shape index (κ2) is 6.42. The summed E-state index contributed by atoms with van der Waals surface area (Å²) in [7, 11) is 1.75. The maximum atomic E-state index is 13.6. The average Bonchev–Trinajstić information content (AvgIpc) is 3.07. The molecule has 3 rings (SSSR count). The lowest BCUT2D eigenvalue weighted by atomic mass is 10.1. The minimum absolute atomic E-state index is 0.176. The lowest BCUT2D eigenvalue weighted by Crippen LogP contribution is -2.25. The van der Waals surface area contributed by atoms with E-state index in [-0.39, 0.29) is 18.0 Å². The molecule has 1 aromatic carbocycles. The highest BCUT2D eigenvalue weighted by Gasteiger charge is 2.35. The zero-order valence-electron chi connectivity index (χ0n) is 14.2. The number of benzene rings is 1. The number of nitrogens with zero attached hydrogens (tertiary/aromatic N) is 2. The summed E-state index contributed by atoms with van der Waals surface area (Å²) in [4.78, 5) is 10.4. The first kappa shape index (κ1) is 16.1. The highest BCUT2D eigenvalue weighted by Crippen LogP contribution is 2.34. The molecule has 0 aliphatic carbocycles. The quantitative estimate of drug-likeness (QED) is 0.939. The van der Waals surface area contributed by atoms with Crippen LogP contribution in [0.4, 0.5) is 4.39 Å². The zero-order chi connectivity index (χ0) is 16.6. The summed E-state index contributed by atoms with van der Waals surface area (Å²) in [6, 6.07) is 5.16. The van der Waals surface area contributed by atoms with Gasteiger partial charge in [-0.2, -0.15) is 0 Å². The van der Waals surface area contributed by atoms with E-state index in [0.29, 0.717) is 6.54 Å². The van der Waals surface area contributed by atoms with Gasteiger partial charge < -0.3 is 9.72 Å². The Labute approximate surface area is 136 Å². The fraction of sp³-hybridized carbons (Fsp3) is 0.500. The lowest BCUT2D eigenvalue weighted by molar-refractivity contribution is 0.107. The molecule has 0 bridgehead atoms. The third-order valence-corrected chi connectivity index (χ3v) is 4.85. The first-order chi connectivity index (χ1) is 11.0. The molecule has 23 heavy (non-hydrogen) atoms. The highest BCUT2D eigenvalue weighted by molar-refractivity contribution is 5.27. The van der Waals surface area contributed by atoms with E-state index < -0.39 is 0 Å². The normalized spacial score (nSPS) is 22.0. The van der Waals surface area contributed by atoms with E-state index in [4.69, 9.17) is 4.74 Å². The van der Waals surface area contributed by atoms with Crippen molar-refractivity contribution < 1.29 is 9.13 Å². The SMILES string of the molecule is CO[C@@H]1C[C@@H](c2nc(C)c(C)[nH]2)N(Cc2cc(F)ccc2C)C1. The van der Waals surface area contributed by atoms with E-state index >= 15 is 0 Å². The number of aryl methyl sites for hydroxylation is 3. The van der Waals surface area contributed by atoms with Crippen LogP contribution in [0.15, 0.2) is 18.2 Å². The van der Waals surface area contributed by atoms with Crippen LogP contribution < -0.4 is 0 Å². The number of methoxy groups -OCH3 is 1. The molecule has 1 N–H and O–H groups in total. The molecule has 1 saturated heterocycles. The van der Waals surface area contributed by atoms with Crippen LogP contribution in [0.1, 0.15) is 40.8 Å². The number of hydrogen-bond donors (Lipinski definition) is 1. The van der Waals surface area contributed by atoms with Crippen LogP contribution in [0.2, 0.25) is 0 Å². The van der Waals surface area contributed by atoms with Gasteiger partial charge in [-0.3, -0.25) is 4.90 Å². The van der Waals surface area contributed by atoms with Gasteiger partial charge in [0.25, 0.3) is 0 Å². The summed E-state index contributed by atoms with van der Waals surface area (Å²) < 4.78 is 19.1. The van der Waals surface area contributed by atoms with Gasteiger partial charge in [-0.05, 0) is 50.5 Å². The summed E-state index contributed by atoms with van der Waals surface area (Å²) in [6.07, 6.45) is 1.08. The van der Waals surface area contributed by atoms with Crippen molar-refractivity contribution in [3.63, 3.8) is 0 Å². The fourth-order valence-electron chi connectivity index (χ4n) is 3.25. The number of aromatic amines is 1. The first-order valence-corrected chi connectivity index (χ1v) is 8.03. The molecule has 0 saturated carbocycles. The van der Waals surface area contributed by atoms with E-state index in [9.17, 15) is 4.39 Å². The second-order valence-corrected chi connectivity index (χ2v) is 6.44. The van der Waals surface area contributed by atoms with Gasteiger partial charge in [-0.1, -0.05) is 6.07 Å². The molecule has 1 aliphatic heterocycles. The Kier molecular flexibility index (Phi) is 4.50. The van der Waals surface area contributed by atoms with Gasteiger partial charge >= 0.3 is 0 Å². The predicted molar refractivity (Wildman–Crippen MR) is 87.8 cm³/mol. The number of hydrogen-bond acceptors (Lipinski definition) is 3. The number of aromatic nitrogens is 2. The Bertz CT molecular complexity index is 678. The predicted octanol–water partition coefficient (Wildman–Crippen LogP) is 3.44. The van der Waals surface area contributed by atoms with Crippen LogP contribution >= 0.6 is 0 Å². The number of ether oxygens (including phenoxy) is 1. The van der Waals surface area contributed by atoms with E-state index in [1.807, 2.05) is 26.8 Å². The van der Waals surface area contributed by atoms with Crippen LogP contribution in [-0.2, 0) is 11.3 Å². The topological polar surface area (TPSA) is 41.1 Å². The van der Waals surface area contributed by atoms with Crippen molar-refractivity contribution in [1.82, 2.24) is 14.9 Å². The molecule has 0 unspecified atom stereocenters. The van der Waals surface area contributed by atoms with Gasteiger partial charge in [0.2, 0.25) is 0 Å². The number of nitrogens with one attached hydrogen (secondary N) is 1. The minimum atomic E-state index is -0.186. The van der Waals surface area contributed by atoms with Crippen LogP contribution in [-0.4, -0.2) is 34.6 Å². The van der Waals surface area contributed by atoms with Crippen molar-refractivity contribution in [3.05, 3.63) is 52.4 Å². The highest BCUT2D eigenvalue weighted by atomic mass is 19.1. The molecule has 1 aliphatic rings. The Morgan fingerprint density at radius 3 is 2.78 bits per heavy atom. The van der Waals surface area contributed by atoms with Crippen LogP contribution in [0.5, 0.6) is 0 Å². The summed E-state index contributed by atoms with van der Waals surface area (Å²) >= 11 is 0. The fourth-order valence-corrected chi connectivity index (χ4v) is 3.25. The van der Waals surface area contributed by atoms with Crippen molar-refractivity contribution in [2.24, 2.45) is 0 Å². The molecule has 2 heterocycles. The third-order valence-electron chi connectivity index (χ3n) is 4.85. The van der Waals surface area contributed by atoms with Gasteiger partial charge in [-0.15, -0.1) is 0 Å². The molecular weight excluding hydrogens is 293 g/mol. The summed E-state index contributed by atoms with van der Waals surface area (Å²) in [6.45, 7) is 7.60. The van der Waals surface area contributed by atoms with Crippen LogP contribution in [0.25, 0.3) is 0 Å². The Morgan fingerprint density at radius 1 is 1.35 bits per heavy atom. The molecule has 1 aromatic heterocycles. The van der Waals surface area contributed by atoms with Gasteiger partial charge in [-0.25, -0.2) is 9.37 Å². The van der Waals surface area contributed by atoms with Gasteiger partial charge in [0, 0.05) is 25.9 Å². The molecule has 5 heteroatoms. The third kappa shape index (κ3) is 3.31. The van der Waals surface area contributed by atoms with E-state index in [0.717, 1.165) is 41.3 Å². The molecule has 0 radical (unpaired) electrons. The molecule has 4 nitrogen and oxygen atoms in total. The van der Waals surface area contributed by atoms with E-state index in [1.165, 1.54) is 6.07 Å². The minimum Gasteiger partial charge on any atom is -0.380 e. The lowest BCUT2D eigenvalue weighted by Gasteiger charge is -2.23. The number of halogens is 1. The van der Waals surface area contributed by atoms with Crippen molar-refractivity contribution in [2.45, 2.75) is 45.9 Å². The maximum absolute atomic E-state index is 13.6. The Hall–Kier alpha value is -1.72. The van der Waals surface area contributed by atoms with Crippen LogP contribution in [0, 0.1) is 26.6 Å². The van der Waals surface area contributed by atoms with Crippen molar-refractivity contribution in [2.75, 3.05) is 13.7 Å². The molecule has 0 amide bonds. The molecular formula is C18H24FN3O. The number of rotatable bonds is 4. The summed E-state index contributed by atoms with van der Waals surface area (Å²) in [5, 5.41) is 0. The average molecular weight is 317 g/mol. The molecule has 1 fully saturated rings. The number of imidazole rings is 1. The number of H-pyrrole nitrogens is 1. The van der Waals surface area contributed by atoms with E-state index in [2.05, 4.69) is 14.9 Å². The summed E-state index contributed by atoms with van der Waals surface area (Å²) in [5.74, 6) is 0.794. The molecule has 2 aromatic rings. The summed E-state index contributed by atoms with van der Waals surface area (Å²) in [5.41, 5.74) is 4.26. The Morgan fingerprint density at radius 2 is 2.13 bits per heavy atom. The smallest absolute Gasteiger partial charge is 0.124 e. The molecule has 124 valence electrons. The Balaban J connectivity index is 1.87. The maximum Gasteiger partial charge on any atom is 0.124 e.